The van der Waals surface area contributed by atoms with E-state index in [9.17, 15) is 22.0 Å². The fourth-order valence-electron chi connectivity index (χ4n) is 2.23. The van der Waals surface area contributed by atoms with Crippen LogP contribution in [0.2, 0.25) is 0 Å². The SMILES string of the molecule is Cc1c(C)c(C)c(C(Cl)C(F)(F)C(F)(F)F)c(C)c1C. The van der Waals surface area contributed by atoms with Crippen molar-refractivity contribution in [1.82, 2.24) is 0 Å². The highest BCUT2D eigenvalue weighted by atomic mass is 35.5. The summed E-state index contributed by atoms with van der Waals surface area (Å²) in [7, 11) is 0. The first-order valence-electron chi connectivity index (χ1n) is 5.99. The Balaban J connectivity index is 3.57. The lowest BCUT2D eigenvalue weighted by Gasteiger charge is -2.28. The van der Waals surface area contributed by atoms with E-state index in [0.29, 0.717) is 22.3 Å². The van der Waals surface area contributed by atoms with Crippen LogP contribution in [0.25, 0.3) is 0 Å². The van der Waals surface area contributed by atoms with Crippen LogP contribution < -0.4 is 0 Å². The normalized spacial score (nSPS) is 14.6. The van der Waals surface area contributed by atoms with Gasteiger partial charge in [0.2, 0.25) is 0 Å². The van der Waals surface area contributed by atoms with Crippen LogP contribution in [0.4, 0.5) is 22.0 Å². The summed E-state index contributed by atoms with van der Waals surface area (Å²) in [6.45, 7) is 8.23. The molecule has 0 amide bonds. The van der Waals surface area contributed by atoms with E-state index in [2.05, 4.69) is 0 Å². The second kappa shape index (κ2) is 5.17. The van der Waals surface area contributed by atoms with E-state index in [4.69, 9.17) is 11.6 Å². The summed E-state index contributed by atoms with van der Waals surface area (Å²) >= 11 is 5.52. The first kappa shape index (κ1) is 17.2. The van der Waals surface area contributed by atoms with Gasteiger partial charge in [0.25, 0.3) is 0 Å². The largest absolute Gasteiger partial charge is 0.455 e. The van der Waals surface area contributed by atoms with Crippen molar-refractivity contribution in [3.8, 4) is 0 Å². The molecule has 1 atom stereocenters. The summed E-state index contributed by atoms with van der Waals surface area (Å²) < 4.78 is 64.4. The molecule has 0 aliphatic rings. The number of benzene rings is 1. The van der Waals surface area contributed by atoms with Crippen LogP contribution in [0.15, 0.2) is 0 Å². The third kappa shape index (κ3) is 2.52. The molecule has 6 heteroatoms. The molecule has 1 rings (SSSR count). The Morgan fingerprint density at radius 2 is 1.00 bits per heavy atom. The van der Waals surface area contributed by atoms with E-state index in [-0.39, 0.29) is 5.56 Å². The van der Waals surface area contributed by atoms with Gasteiger partial charge in [-0.3, -0.25) is 0 Å². The summed E-state index contributed by atoms with van der Waals surface area (Å²) in [6, 6.07) is 0. The average Bonchev–Trinajstić information content (AvgIpc) is 2.32. The molecule has 1 aromatic rings. The Hall–Kier alpha value is -0.840. The van der Waals surface area contributed by atoms with Gasteiger partial charge in [-0.25, -0.2) is 0 Å². The standard InChI is InChI=1S/C14H16ClF5/c1-6-7(2)9(4)11(10(5)8(6)3)12(15)13(16,17)14(18,19)20/h12H,1-5H3. The van der Waals surface area contributed by atoms with Gasteiger partial charge in [0.05, 0.1) is 0 Å². The van der Waals surface area contributed by atoms with Crippen LogP contribution >= 0.6 is 11.6 Å². The van der Waals surface area contributed by atoms with Crippen molar-refractivity contribution in [3.63, 3.8) is 0 Å². The van der Waals surface area contributed by atoms with Gasteiger partial charge in [0, 0.05) is 0 Å². The molecule has 0 aliphatic heterocycles. The lowest BCUT2D eigenvalue weighted by Crippen LogP contribution is -2.40. The third-order valence-corrected chi connectivity index (χ3v) is 4.50. The molecule has 0 N–H and O–H groups in total. The second-order valence-electron chi connectivity index (χ2n) is 5.02. The molecule has 0 nitrogen and oxygen atoms in total. The smallest absolute Gasteiger partial charge is 0.194 e. The van der Waals surface area contributed by atoms with Gasteiger partial charge in [0.15, 0.2) is 0 Å². The first-order chi connectivity index (χ1) is 8.84. The molecule has 1 aromatic carbocycles. The highest BCUT2D eigenvalue weighted by molar-refractivity contribution is 6.21. The minimum absolute atomic E-state index is 0.130. The van der Waals surface area contributed by atoms with Gasteiger partial charge in [-0.15, -0.1) is 11.6 Å². The molecule has 0 saturated carbocycles. The monoisotopic (exact) mass is 314 g/mol. The zero-order valence-corrected chi connectivity index (χ0v) is 12.6. The Morgan fingerprint density at radius 3 is 1.30 bits per heavy atom. The topological polar surface area (TPSA) is 0 Å². The number of rotatable bonds is 2. The van der Waals surface area contributed by atoms with Crippen molar-refractivity contribution in [2.45, 2.75) is 52.1 Å². The molecule has 0 spiro atoms. The number of hydrogen-bond acceptors (Lipinski definition) is 0. The van der Waals surface area contributed by atoms with Crippen LogP contribution in [0.5, 0.6) is 0 Å². The lowest BCUT2D eigenvalue weighted by atomic mass is 9.86. The minimum Gasteiger partial charge on any atom is -0.194 e. The zero-order valence-electron chi connectivity index (χ0n) is 11.8. The Morgan fingerprint density at radius 1 is 0.700 bits per heavy atom. The molecule has 0 saturated heterocycles. The maximum atomic E-state index is 13.5. The molecular weight excluding hydrogens is 299 g/mol. The molecule has 0 aromatic heterocycles. The van der Waals surface area contributed by atoms with Crippen molar-refractivity contribution in [3.05, 3.63) is 33.4 Å². The van der Waals surface area contributed by atoms with E-state index in [1.807, 2.05) is 0 Å². The first-order valence-corrected chi connectivity index (χ1v) is 6.43. The summed E-state index contributed by atoms with van der Waals surface area (Å²) in [4.78, 5) is 0. The van der Waals surface area contributed by atoms with Gasteiger partial charge < -0.3 is 0 Å². The predicted molar refractivity (Wildman–Crippen MR) is 69.7 cm³/mol. The zero-order chi connectivity index (χ0) is 16.0. The Bertz CT molecular complexity index is 502. The van der Waals surface area contributed by atoms with Crippen LogP contribution in [0.1, 0.15) is 38.8 Å². The highest BCUT2D eigenvalue weighted by Crippen LogP contribution is 2.50. The van der Waals surface area contributed by atoms with E-state index >= 15 is 0 Å². The fraction of sp³-hybridized carbons (Fsp3) is 0.571. The number of alkyl halides is 6. The van der Waals surface area contributed by atoms with E-state index < -0.39 is 17.5 Å². The summed E-state index contributed by atoms with van der Waals surface area (Å²) in [5, 5.41) is -2.43. The van der Waals surface area contributed by atoms with Crippen LogP contribution in [-0.4, -0.2) is 12.1 Å². The van der Waals surface area contributed by atoms with Gasteiger partial charge in [-0.1, -0.05) is 0 Å². The van der Waals surface area contributed by atoms with Crippen molar-refractivity contribution in [2.75, 3.05) is 0 Å². The molecule has 0 heterocycles. The Labute approximate surface area is 119 Å². The summed E-state index contributed by atoms with van der Waals surface area (Å²) in [5.74, 6) is -4.97. The minimum atomic E-state index is -5.68. The third-order valence-electron chi connectivity index (χ3n) is 4.01. The molecule has 0 fully saturated rings. The molecule has 0 bridgehead atoms. The van der Waals surface area contributed by atoms with Gasteiger partial charge in [0.1, 0.15) is 5.38 Å². The fourth-order valence-corrected chi connectivity index (χ4v) is 2.69. The van der Waals surface area contributed by atoms with Crippen molar-refractivity contribution in [1.29, 1.82) is 0 Å². The number of hydrogen-bond donors (Lipinski definition) is 0. The molecule has 0 aliphatic carbocycles. The molecule has 20 heavy (non-hydrogen) atoms. The summed E-state index contributed by atoms with van der Waals surface area (Å²) in [6.07, 6.45) is -5.68. The van der Waals surface area contributed by atoms with Crippen LogP contribution in [0.3, 0.4) is 0 Å². The maximum absolute atomic E-state index is 13.5. The van der Waals surface area contributed by atoms with Crippen LogP contribution in [0, 0.1) is 34.6 Å². The second-order valence-corrected chi connectivity index (χ2v) is 5.46. The number of halogens is 6. The molecule has 114 valence electrons. The molecular formula is C14H16ClF5. The van der Waals surface area contributed by atoms with Crippen molar-refractivity contribution in [2.24, 2.45) is 0 Å². The van der Waals surface area contributed by atoms with Crippen molar-refractivity contribution < 1.29 is 22.0 Å². The average molecular weight is 315 g/mol. The van der Waals surface area contributed by atoms with Gasteiger partial charge >= 0.3 is 12.1 Å². The van der Waals surface area contributed by atoms with E-state index in [1.165, 1.54) is 13.8 Å². The quantitative estimate of drug-likeness (QED) is 0.485. The molecule has 0 radical (unpaired) electrons. The Kier molecular flexibility index (Phi) is 4.45. The lowest BCUT2D eigenvalue weighted by molar-refractivity contribution is -0.283. The van der Waals surface area contributed by atoms with E-state index in [0.717, 1.165) is 5.56 Å². The molecule has 1 unspecified atom stereocenters. The maximum Gasteiger partial charge on any atom is 0.455 e. The van der Waals surface area contributed by atoms with Crippen LogP contribution in [-0.2, 0) is 0 Å². The summed E-state index contributed by atoms with van der Waals surface area (Å²) in [5.41, 5.74) is 2.89. The predicted octanol–water partition coefficient (Wildman–Crippen LogP) is 5.71. The van der Waals surface area contributed by atoms with Crippen molar-refractivity contribution >= 4 is 11.6 Å². The van der Waals surface area contributed by atoms with E-state index in [1.54, 1.807) is 20.8 Å². The van der Waals surface area contributed by atoms with Gasteiger partial charge in [-0.05, 0) is 68.0 Å². The highest BCUT2D eigenvalue weighted by Gasteiger charge is 2.62. The van der Waals surface area contributed by atoms with Gasteiger partial charge in [-0.2, -0.15) is 22.0 Å².